The monoisotopic (exact) mass is 323 g/mol. The molecule has 5 heteroatoms. The molecule has 1 aromatic carbocycles. The number of carbonyl (C=O) groups excluding carboxylic acids is 1. The van der Waals surface area contributed by atoms with Gasteiger partial charge in [0.25, 0.3) is 5.56 Å². The van der Waals surface area contributed by atoms with E-state index in [0.29, 0.717) is 19.5 Å². The molecule has 0 atom stereocenters. The van der Waals surface area contributed by atoms with E-state index in [2.05, 4.69) is 22.1 Å². The van der Waals surface area contributed by atoms with Crippen LogP contribution in [0.2, 0.25) is 0 Å². The van der Waals surface area contributed by atoms with Crippen molar-refractivity contribution in [2.75, 3.05) is 6.54 Å². The Bertz CT molecular complexity index is 807. The average molecular weight is 323 g/mol. The maximum Gasteiger partial charge on any atom is 0.254 e. The number of hydrogen-bond acceptors (Lipinski definition) is 3. The molecule has 1 aromatic heterocycles. The van der Waals surface area contributed by atoms with E-state index < -0.39 is 5.41 Å². The third-order valence-corrected chi connectivity index (χ3v) is 5.49. The fraction of sp³-hybridized carbons (Fsp3) is 0.421. The van der Waals surface area contributed by atoms with Crippen LogP contribution in [0, 0.1) is 0 Å². The fourth-order valence-corrected chi connectivity index (χ4v) is 4.20. The maximum atomic E-state index is 13.4. The van der Waals surface area contributed by atoms with Gasteiger partial charge in [0.15, 0.2) is 0 Å². The highest BCUT2D eigenvalue weighted by Gasteiger charge is 2.45. The molecule has 2 aliphatic rings. The van der Waals surface area contributed by atoms with Crippen LogP contribution in [-0.2, 0) is 23.2 Å². The molecule has 0 radical (unpaired) electrons. The second-order valence-corrected chi connectivity index (χ2v) is 6.79. The first-order chi connectivity index (χ1) is 11.7. The molecule has 2 aromatic rings. The number of H-pyrrole nitrogens is 1. The molecule has 5 nitrogen and oxygen atoms in total. The summed E-state index contributed by atoms with van der Waals surface area (Å²) in [6.07, 6.45) is 5.99. The van der Waals surface area contributed by atoms with Gasteiger partial charge in [0, 0.05) is 12.1 Å². The Balaban J connectivity index is 1.66. The van der Waals surface area contributed by atoms with Gasteiger partial charge in [-0.2, -0.15) is 0 Å². The number of carbonyl (C=O) groups is 1. The van der Waals surface area contributed by atoms with Gasteiger partial charge in [-0.1, -0.05) is 43.2 Å². The van der Waals surface area contributed by atoms with Crippen molar-refractivity contribution in [1.29, 1.82) is 0 Å². The second kappa shape index (κ2) is 5.89. The zero-order valence-corrected chi connectivity index (χ0v) is 13.6. The highest BCUT2D eigenvalue weighted by Crippen LogP contribution is 2.43. The van der Waals surface area contributed by atoms with Crippen molar-refractivity contribution in [3.63, 3.8) is 0 Å². The predicted molar refractivity (Wildman–Crippen MR) is 90.6 cm³/mol. The summed E-state index contributed by atoms with van der Waals surface area (Å²) in [7, 11) is 0. The van der Waals surface area contributed by atoms with E-state index in [9.17, 15) is 9.59 Å². The molecule has 1 fully saturated rings. The summed E-state index contributed by atoms with van der Waals surface area (Å²) in [5, 5.41) is 0. The highest BCUT2D eigenvalue weighted by atomic mass is 16.2. The van der Waals surface area contributed by atoms with Gasteiger partial charge in [-0.25, -0.2) is 4.98 Å². The van der Waals surface area contributed by atoms with Gasteiger partial charge >= 0.3 is 0 Å². The van der Waals surface area contributed by atoms with Gasteiger partial charge in [-0.05, 0) is 24.8 Å². The van der Waals surface area contributed by atoms with Gasteiger partial charge in [0.2, 0.25) is 5.91 Å². The normalized spacial score (nSPS) is 19.1. The third kappa shape index (κ3) is 2.35. The number of hydrogen-bond donors (Lipinski definition) is 1. The lowest BCUT2D eigenvalue weighted by molar-refractivity contribution is -0.138. The van der Waals surface area contributed by atoms with Crippen LogP contribution in [0.5, 0.6) is 0 Å². The largest absolute Gasteiger partial charge is 0.336 e. The number of benzene rings is 1. The molecule has 1 N–H and O–H groups in total. The molecular weight excluding hydrogens is 302 g/mol. The Hall–Kier alpha value is -2.43. The van der Waals surface area contributed by atoms with Crippen LogP contribution >= 0.6 is 0 Å². The van der Waals surface area contributed by atoms with E-state index in [1.54, 1.807) is 0 Å². The summed E-state index contributed by atoms with van der Waals surface area (Å²) in [6.45, 7) is 1.03. The Morgan fingerprint density at radius 2 is 1.92 bits per heavy atom. The molecule has 1 amide bonds. The summed E-state index contributed by atoms with van der Waals surface area (Å²) in [5.74, 6) is 0.193. The van der Waals surface area contributed by atoms with Crippen LogP contribution in [0.3, 0.4) is 0 Å². The van der Waals surface area contributed by atoms with E-state index in [4.69, 9.17) is 0 Å². The standard InChI is InChI=1S/C19H21N3O2/c23-17-15-8-11-22(12-16(15)20-13-21-17)18(24)19(9-4-5-10-19)14-6-2-1-3-7-14/h1-3,6-7,13H,4-5,8-12H2,(H,20,21,23). The minimum atomic E-state index is -0.403. The predicted octanol–water partition coefficient (Wildman–Crippen LogP) is 2.17. The van der Waals surface area contributed by atoms with E-state index in [0.717, 1.165) is 42.5 Å². The van der Waals surface area contributed by atoms with Crippen LogP contribution in [0.4, 0.5) is 0 Å². The number of nitrogens with one attached hydrogen (secondary N) is 1. The molecule has 0 saturated heterocycles. The third-order valence-electron chi connectivity index (χ3n) is 5.49. The van der Waals surface area contributed by atoms with Crippen LogP contribution in [0.15, 0.2) is 41.5 Å². The maximum absolute atomic E-state index is 13.4. The van der Waals surface area contributed by atoms with Gasteiger partial charge in [0.05, 0.1) is 24.0 Å². The number of rotatable bonds is 2. The summed E-state index contributed by atoms with van der Waals surface area (Å²) in [4.78, 5) is 34.1. The molecule has 124 valence electrons. The van der Waals surface area contributed by atoms with Crippen molar-refractivity contribution in [3.8, 4) is 0 Å². The van der Waals surface area contributed by atoms with Crippen molar-refractivity contribution >= 4 is 5.91 Å². The summed E-state index contributed by atoms with van der Waals surface area (Å²) >= 11 is 0. The van der Waals surface area contributed by atoms with Gasteiger partial charge in [-0.15, -0.1) is 0 Å². The van der Waals surface area contributed by atoms with Gasteiger partial charge in [0.1, 0.15) is 0 Å². The highest BCUT2D eigenvalue weighted by molar-refractivity contribution is 5.88. The molecule has 1 saturated carbocycles. The molecule has 1 aliphatic carbocycles. The van der Waals surface area contributed by atoms with Crippen molar-refractivity contribution in [2.45, 2.75) is 44.1 Å². The average Bonchev–Trinajstić information content (AvgIpc) is 3.13. The quantitative estimate of drug-likeness (QED) is 0.921. The number of amides is 1. The first-order valence-corrected chi connectivity index (χ1v) is 8.61. The zero-order valence-electron chi connectivity index (χ0n) is 13.6. The van der Waals surface area contributed by atoms with E-state index in [1.807, 2.05) is 23.1 Å². The van der Waals surface area contributed by atoms with E-state index in [-0.39, 0.29) is 11.5 Å². The summed E-state index contributed by atoms with van der Waals surface area (Å²) in [5.41, 5.74) is 2.10. The summed E-state index contributed by atoms with van der Waals surface area (Å²) < 4.78 is 0. The minimum absolute atomic E-state index is 0.0780. The smallest absolute Gasteiger partial charge is 0.254 e. The van der Waals surface area contributed by atoms with Crippen molar-refractivity contribution in [2.24, 2.45) is 0 Å². The molecule has 0 spiro atoms. The van der Waals surface area contributed by atoms with Crippen LogP contribution in [-0.4, -0.2) is 27.3 Å². The molecule has 0 unspecified atom stereocenters. The molecule has 2 heterocycles. The molecule has 0 bridgehead atoms. The Morgan fingerprint density at radius 3 is 2.67 bits per heavy atom. The first kappa shape index (κ1) is 15.1. The fourth-order valence-electron chi connectivity index (χ4n) is 4.20. The lowest BCUT2D eigenvalue weighted by atomic mass is 9.77. The number of nitrogens with zero attached hydrogens (tertiary/aromatic N) is 2. The summed E-state index contributed by atoms with van der Waals surface area (Å²) in [6, 6.07) is 10.2. The van der Waals surface area contributed by atoms with Crippen LogP contribution in [0.25, 0.3) is 0 Å². The van der Waals surface area contributed by atoms with Crippen molar-refractivity contribution in [1.82, 2.24) is 14.9 Å². The van der Waals surface area contributed by atoms with Crippen LogP contribution < -0.4 is 5.56 Å². The second-order valence-electron chi connectivity index (χ2n) is 6.79. The minimum Gasteiger partial charge on any atom is -0.336 e. The van der Waals surface area contributed by atoms with Gasteiger partial charge < -0.3 is 9.88 Å². The van der Waals surface area contributed by atoms with Crippen LogP contribution in [0.1, 0.15) is 42.5 Å². The Kier molecular flexibility index (Phi) is 3.71. The lowest BCUT2D eigenvalue weighted by Gasteiger charge is -2.36. The molecule has 4 rings (SSSR count). The van der Waals surface area contributed by atoms with E-state index in [1.165, 1.54) is 6.33 Å². The molecule has 24 heavy (non-hydrogen) atoms. The lowest BCUT2D eigenvalue weighted by Crippen LogP contribution is -2.48. The zero-order chi connectivity index (χ0) is 16.6. The molecular formula is C19H21N3O2. The number of aromatic amines is 1. The molecule has 1 aliphatic heterocycles. The van der Waals surface area contributed by atoms with Crippen molar-refractivity contribution < 1.29 is 4.79 Å². The van der Waals surface area contributed by atoms with Crippen molar-refractivity contribution in [3.05, 3.63) is 63.8 Å². The number of fused-ring (bicyclic) bond motifs is 1. The van der Waals surface area contributed by atoms with E-state index >= 15 is 0 Å². The Morgan fingerprint density at radius 1 is 1.17 bits per heavy atom. The van der Waals surface area contributed by atoms with Gasteiger partial charge in [-0.3, -0.25) is 9.59 Å². The number of aromatic nitrogens is 2. The SMILES string of the molecule is O=C(N1CCc2c(nc[nH]c2=O)C1)C1(c2ccccc2)CCCC1. The first-order valence-electron chi connectivity index (χ1n) is 8.61. The topological polar surface area (TPSA) is 66.1 Å². The Labute approximate surface area is 140 Å².